The molecular weight excluding hydrogens is 1630 g/mol. The summed E-state index contributed by atoms with van der Waals surface area (Å²) in [6.07, 6.45) is -3.97. The number of aliphatic hydroxyl groups is 2. The Labute approximate surface area is 663 Å². The van der Waals surface area contributed by atoms with Crippen LogP contribution in [0, 0.1) is 59.3 Å². The van der Waals surface area contributed by atoms with Gasteiger partial charge in [0.25, 0.3) is 11.8 Å². The molecule has 6 aromatic heterocycles. The number of terminal acetylenes is 1. The molecule has 0 spiro atoms. The van der Waals surface area contributed by atoms with Gasteiger partial charge in [-0.15, -0.1) is 6.42 Å². The number of nitrogens with zero attached hydrogens (tertiary/aromatic N) is 10. The van der Waals surface area contributed by atoms with E-state index in [0.717, 1.165) is 36.8 Å². The van der Waals surface area contributed by atoms with Gasteiger partial charge in [0.2, 0.25) is 0 Å². The third kappa shape index (κ3) is 17.4. The first-order valence-corrected chi connectivity index (χ1v) is 40.9. The summed E-state index contributed by atoms with van der Waals surface area (Å²) in [5.74, 6) is -12.2. The van der Waals surface area contributed by atoms with Crippen molar-refractivity contribution in [1.82, 2.24) is 49.1 Å². The summed E-state index contributed by atoms with van der Waals surface area (Å²) in [4.78, 5) is 37.1. The molecule has 8 atom stereocenters. The van der Waals surface area contributed by atoms with Crippen LogP contribution >= 0.6 is 11.6 Å². The van der Waals surface area contributed by atoms with Crippen LogP contribution in [-0.2, 0) is 114 Å². The monoisotopic (exact) mass is 1690 g/mol. The fourth-order valence-electron chi connectivity index (χ4n) is 16.3. The molecule has 0 bridgehead atoms. The van der Waals surface area contributed by atoms with Gasteiger partial charge in [-0.2, -0.15) is 64.3 Å². The van der Waals surface area contributed by atoms with E-state index in [0.29, 0.717) is 85.2 Å². The quantitative estimate of drug-likeness (QED) is 0.0408. The minimum Gasteiger partial charge on any atom is -0.377 e. The maximum absolute atomic E-state index is 15.4. The number of benzene rings is 4. The summed E-state index contributed by atoms with van der Waals surface area (Å²) in [7, 11) is -3.80. The minimum absolute atomic E-state index is 0.0230. The number of carbonyl (C=O) groups is 2. The Morgan fingerprint density at radius 1 is 0.590 bits per heavy atom. The number of hydrogen-bond acceptors (Lipinski definition) is 16. The van der Waals surface area contributed by atoms with Gasteiger partial charge in [0.05, 0.1) is 71.7 Å². The maximum atomic E-state index is 15.4. The number of ketones is 2. The lowest BCUT2D eigenvalue weighted by Gasteiger charge is -2.21. The van der Waals surface area contributed by atoms with Crippen LogP contribution in [0.5, 0.6) is 0 Å². The van der Waals surface area contributed by atoms with Crippen molar-refractivity contribution in [2.24, 2.45) is 25.9 Å². The van der Waals surface area contributed by atoms with Gasteiger partial charge in [0.15, 0.2) is 53.8 Å². The van der Waals surface area contributed by atoms with E-state index in [1.807, 2.05) is 0 Å². The number of ether oxygens (including phenoxy) is 2. The van der Waals surface area contributed by atoms with Crippen molar-refractivity contribution in [3.8, 4) is 46.4 Å². The molecule has 6 aliphatic rings. The van der Waals surface area contributed by atoms with Crippen LogP contribution in [0.3, 0.4) is 0 Å². The molecule has 10 aromatic rings. The Bertz CT molecular complexity index is 5990. The molecule has 616 valence electrons. The van der Waals surface area contributed by atoms with Gasteiger partial charge in [-0.25, -0.2) is 44.4 Å². The predicted molar refractivity (Wildman–Crippen MR) is 395 cm³/mol. The Morgan fingerprint density at radius 2 is 1.00 bits per heavy atom. The molecule has 4 fully saturated rings. The Morgan fingerprint density at radius 3 is 1.38 bits per heavy atom. The number of sulfone groups is 2. The van der Waals surface area contributed by atoms with Gasteiger partial charge >= 0.3 is 12.4 Å². The van der Waals surface area contributed by atoms with Gasteiger partial charge in [-0.3, -0.25) is 28.3 Å². The summed E-state index contributed by atoms with van der Waals surface area (Å²) in [5, 5.41) is 36.8. The van der Waals surface area contributed by atoms with Gasteiger partial charge < -0.3 is 19.7 Å². The van der Waals surface area contributed by atoms with Crippen molar-refractivity contribution >= 4 is 64.6 Å². The highest BCUT2D eigenvalue weighted by molar-refractivity contribution is 7.90. The topological polar surface area (TPSA) is 258 Å². The zero-order valence-corrected chi connectivity index (χ0v) is 64.6. The second-order valence-corrected chi connectivity index (χ2v) is 35.1. The van der Waals surface area contributed by atoms with E-state index in [1.54, 1.807) is 62.6 Å². The molecule has 4 aliphatic carbocycles. The summed E-state index contributed by atoms with van der Waals surface area (Å²) in [5.41, 5.74) is -4.64. The van der Waals surface area contributed by atoms with Crippen molar-refractivity contribution in [3.05, 3.63) is 199 Å². The predicted octanol–water partition coefficient (Wildman–Crippen LogP) is 13.7. The van der Waals surface area contributed by atoms with Crippen LogP contribution in [-0.4, -0.2) is 138 Å². The van der Waals surface area contributed by atoms with Gasteiger partial charge in [0, 0.05) is 132 Å². The highest BCUT2D eigenvalue weighted by atomic mass is 35.5. The van der Waals surface area contributed by atoms with Crippen molar-refractivity contribution in [1.29, 1.82) is 0 Å². The van der Waals surface area contributed by atoms with E-state index in [4.69, 9.17) is 37.6 Å². The van der Waals surface area contributed by atoms with Crippen LogP contribution in [0.4, 0.5) is 61.5 Å². The average Bonchev–Trinajstić information content (AvgIpc) is 1.52. The molecule has 2 saturated carbocycles. The lowest BCUT2D eigenvalue weighted by Crippen LogP contribution is -2.26. The summed E-state index contributed by atoms with van der Waals surface area (Å²) in [6, 6.07) is 21.8. The average molecular weight is 1700 g/mol. The number of para-hydroxylation sites is 2. The third-order valence-electron chi connectivity index (χ3n) is 21.4. The second-order valence-electron chi connectivity index (χ2n) is 30.5. The van der Waals surface area contributed by atoms with E-state index in [1.165, 1.54) is 21.5 Å². The van der Waals surface area contributed by atoms with E-state index in [2.05, 4.69) is 43.1 Å². The number of aromatic nitrogens is 10. The fraction of sp³-hybridized carbons (Fsp3) is 0.400. The van der Waals surface area contributed by atoms with Crippen molar-refractivity contribution in [3.63, 3.8) is 0 Å². The zero-order valence-electron chi connectivity index (χ0n) is 62.2. The highest BCUT2D eigenvalue weighted by Gasteiger charge is 2.70. The van der Waals surface area contributed by atoms with Crippen LogP contribution < -0.4 is 0 Å². The van der Waals surface area contributed by atoms with E-state index in [9.17, 15) is 75.4 Å². The number of rotatable bonds is 20. The smallest absolute Gasteiger partial charge is 0.377 e. The fourth-order valence-corrected chi connectivity index (χ4v) is 17.9. The van der Waals surface area contributed by atoms with Crippen LogP contribution in [0.1, 0.15) is 136 Å². The van der Waals surface area contributed by atoms with E-state index < -0.39 is 185 Å². The number of Topliss-reactive ketones (excluding diaryl/α,β-unsaturated/α-hetero) is 2. The number of aryl methyl sites for hydroxylation is 2. The van der Waals surface area contributed by atoms with Crippen molar-refractivity contribution in [2.75, 3.05) is 38.9 Å². The number of alkyl halides is 10. The first-order chi connectivity index (χ1) is 54.8. The van der Waals surface area contributed by atoms with E-state index >= 15 is 17.6 Å². The molecule has 0 radical (unpaired) electrons. The molecule has 4 aromatic carbocycles. The Hall–Kier alpha value is -9.95. The first-order valence-electron chi connectivity index (χ1n) is 36.4. The summed E-state index contributed by atoms with van der Waals surface area (Å²) < 4.78 is 266. The molecule has 16 rings (SSSR count). The maximum Gasteiger partial charge on any atom is 0.435 e. The van der Waals surface area contributed by atoms with Gasteiger partial charge in [0.1, 0.15) is 58.6 Å². The van der Waals surface area contributed by atoms with E-state index in [-0.39, 0.29) is 102 Å². The molecule has 20 nitrogen and oxygen atoms in total. The van der Waals surface area contributed by atoms with Crippen LogP contribution in [0.25, 0.3) is 44.1 Å². The molecular formula is C80H69ClF14N10O10S2. The van der Waals surface area contributed by atoms with Gasteiger partial charge in [-0.05, 0) is 103 Å². The minimum atomic E-state index is -5.05. The normalized spacial score (nSPS) is 21.2. The van der Waals surface area contributed by atoms with Gasteiger partial charge in [-0.1, -0.05) is 59.8 Å². The molecule has 2 unspecified atom stereocenters. The molecule has 117 heavy (non-hydrogen) atoms. The Kier molecular flexibility index (Phi) is 22.0. The lowest BCUT2D eigenvalue weighted by atomic mass is 9.86. The van der Waals surface area contributed by atoms with Crippen LogP contribution in [0.15, 0.2) is 97.1 Å². The van der Waals surface area contributed by atoms with Crippen molar-refractivity contribution < 1.29 is 108 Å². The van der Waals surface area contributed by atoms with Crippen LogP contribution in [0.2, 0.25) is 5.15 Å². The number of hydrogen-bond donors (Lipinski definition) is 2. The third-order valence-corrected chi connectivity index (χ3v) is 23.2. The first kappa shape index (κ1) is 83.5. The Balaban J connectivity index is 0.000000177. The number of pyridine rings is 2. The molecule has 2 aliphatic heterocycles. The largest absolute Gasteiger partial charge is 0.435 e. The molecule has 37 heteroatoms. The number of carbonyl (C=O) groups excluding carboxylic acids is 2. The SMILES string of the molecule is C#CC1(O)CCOC1.Cn1nc(CS(C)(=O)=O)c2cccc(-c3ccc(C#CC4(O)CCOC4)nc3[C@@H](CC(=O)Cn3nc(C(F)(F)F)c4c3C(F)(F)[C@@H]3C[C@H]43)Cc3cc(F)cc(F)c3)c21.Cn1nc(CS(C)(=O)=O)c2cccc(-c3ccc(Cl)nc3[C@@H](CC(=O)Cn3nc(C(F)(F)F)c4c3C(F)(F)[C@@H]3C[C@H]43)Cc3cc(F)cc(F)c3)c21. The number of halogens is 15. The standard InChI is InChI=1S/C40H34F7N5O5S.C34H27ClF7N5O3S.C6H8O2/c1-51-35-28(4-3-5-29(35)32(49-51)19-58(2,55)56)27-7-6-25(8-9-38(54)10-11-57-20-38)48-34(27)22(12-21-13-23(41)16-24(42)14-21)15-26(53)18-52-37-33(36(50-52)40(45,46)47)30-17-31(30)39(37,43)44;1-46-30-22(4-3-5-23(30)26(44-46)15-51(2,49)50)21-6-7-27(35)43-29(21)17(8-16-9-18(36)12-19(37)10-16)11-20(48)14-47-32-28(31(45-47)34(40,41)42)24-13-25(24)33(32,38)39;1-2-6(7)3-4-8-5-6/h3-7,13-14,16,22,30-31,54H,10-12,15,17-20H2,1-2H3;3-7,9-10,12,17,24-25H,8,11,13-15H2,1-2H3;1,7H,3-5H2/t22-,30+,31-,38?;17-,24+,25-;/m11./s1. The molecule has 0 amide bonds. The summed E-state index contributed by atoms with van der Waals surface area (Å²) in [6.45, 7) is -0.799. The second kappa shape index (κ2) is 30.8. The molecule has 2 saturated heterocycles. The van der Waals surface area contributed by atoms with Crippen molar-refractivity contribution in [2.45, 2.75) is 135 Å². The summed E-state index contributed by atoms with van der Waals surface area (Å²) >= 11 is 6.35. The number of fused-ring (bicyclic) bond motifs is 8. The zero-order chi connectivity index (χ0) is 84.3. The molecule has 2 N–H and O–H groups in total. The molecule has 8 heterocycles. The highest BCUT2D eigenvalue weighted by Crippen LogP contribution is 2.70. The lowest BCUT2D eigenvalue weighted by molar-refractivity contribution is -0.143.